The quantitative estimate of drug-likeness (QED) is 0.215. The lowest BCUT2D eigenvalue weighted by Crippen LogP contribution is -2.33. The second kappa shape index (κ2) is 13.8. The van der Waals surface area contributed by atoms with E-state index in [1.54, 1.807) is 37.3 Å². The first-order valence-electron chi connectivity index (χ1n) is 8.94. The minimum Gasteiger partial charge on any atom is -0.385 e. The maximum absolute atomic E-state index is 12.4. The van der Waals surface area contributed by atoms with Crippen molar-refractivity contribution in [1.82, 2.24) is 20.7 Å². The summed E-state index contributed by atoms with van der Waals surface area (Å²) in [5.74, 6) is 0. The molecule has 1 unspecified atom stereocenters. The van der Waals surface area contributed by atoms with Gasteiger partial charge in [-0.1, -0.05) is 0 Å². The van der Waals surface area contributed by atoms with E-state index < -0.39 is 13.0 Å². The fourth-order valence-corrected chi connectivity index (χ4v) is 2.25. The van der Waals surface area contributed by atoms with Crippen LogP contribution < -0.4 is 10.7 Å². The summed E-state index contributed by atoms with van der Waals surface area (Å²) in [6, 6.07) is -0.174. The number of carbonyl (C=O) groups excluding carboxylic acids is 2. The molecule has 0 radical (unpaired) electrons. The van der Waals surface area contributed by atoms with Gasteiger partial charge < -0.3 is 10.3 Å². The number of hydrazine groups is 1. The first kappa shape index (κ1) is 25.7. The predicted molar refractivity (Wildman–Crippen MR) is 109 cm³/mol. The van der Waals surface area contributed by atoms with Gasteiger partial charge in [0.05, 0.1) is 6.54 Å². The molecule has 0 amide bonds. The Labute approximate surface area is 166 Å². The van der Waals surface area contributed by atoms with Crippen molar-refractivity contribution >= 4 is 12.6 Å². The van der Waals surface area contributed by atoms with Gasteiger partial charge in [-0.2, -0.15) is 0 Å². The highest BCUT2D eigenvalue weighted by molar-refractivity contribution is 5.78. The number of aldehydes is 2. The van der Waals surface area contributed by atoms with Crippen LogP contribution in [0.3, 0.4) is 0 Å². The van der Waals surface area contributed by atoms with E-state index in [9.17, 15) is 18.4 Å². The SMILES string of the molecule is CNN(C)/C=C\C(C=O)=C(/C)CN(C)C(C)C(C=C(C)C=O)=CNCC(F)F. The number of carbonyl (C=O) groups is 2. The van der Waals surface area contributed by atoms with Crippen molar-refractivity contribution in [1.29, 1.82) is 0 Å². The molecule has 0 aromatic heterocycles. The van der Waals surface area contributed by atoms with Gasteiger partial charge in [-0.25, -0.2) is 14.2 Å². The molecule has 1 atom stereocenters. The van der Waals surface area contributed by atoms with Gasteiger partial charge in [0.1, 0.15) is 12.6 Å². The van der Waals surface area contributed by atoms with Crippen molar-refractivity contribution in [2.75, 3.05) is 34.2 Å². The van der Waals surface area contributed by atoms with E-state index in [1.807, 2.05) is 32.8 Å². The predicted octanol–water partition coefficient (Wildman–Crippen LogP) is 2.29. The molecule has 6 nitrogen and oxygen atoms in total. The minimum atomic E-state index is -2.47. The third-order valence-electron chi connectivity index (χ3n) is 4.20. The molecule has 0 aromatic rings. The number of alkyl halides is 2. The average Bonchev–Trinajstić information content (AvgIpc) is 2.66. The maximum Gasteiger partial charge on any atom is 0.255 e. The standard InChI is InChI=1S/C20H32F2N4O2/c1-15(13-27)9-19(10-24-11-20(21)22)17(3)25(5)12-16(2)18(14-28)7-8-26(6)23-4/h7-10,13-14,17,20,23-24H,11-12H2,1-6H3/b8-7-,15-9?,18-16-,19-10?. The van der Waals surface area contributed by atoms with E-state index in [-0.39, 0.29) is 6.04 Å². The van der Waals surface area contributed by atoms with Crippen LogP contribution in [-0.2, 0) is 9.59 Å². The molecule has 0 aliphatic heterocycles. The van der Waals surface area contributed by atoms with E-state index in [0.29, 0.717) is 29.6 Å². The summed E-state index contributed by atoms with van der Waals surface area (Å²) >= 11 is 0. The Morgan fingerprint density at radius 3 is 2.29 bits per heavy atom. The maximum atomic E-state index is 12.4. The van der Waals surface area contributed by atoms with Crippen LogP contribution in [-0.4, -0.2) is 69.2 Å². The molecule has 0 heterocycles. The highest BCUT2D eigenvalue weighted by Gasteiger charge is 2.15. The van der Waals surface area contributed by atoms with Gasteiger partial charge in [0.25, 0.3) is 6.43 Å². The summed E-state index contributed by atoms with van der Waals surface area (Å²) < 4.78 is 24.8. The largest absolute Gasteiger partial charge is 0.385 e. The van der Waals surface area contributed by atoms with E-state index in [2.05, 4.69) is 10.7 Å². The molecule has 28 heavy (non-hydrogen) atoms. The summed E-state index contributed by atoms with van der Waals surface area (Å²) in [7, 11) is 5.44. The van der Waals surface area contributed by atoms with Crippen LogP contribution in [0.1, 0.15) is 20.8 Å². The molecule has 0 rings (SSSR count). The summed E-state index contributed by atoms with van der Waals surface area (Å²) in [4.78, 5) is 24.3. The molecule has 0 fully saturated rings. The molecular weight excluding hydrogens is 366 g/mol. The molecule has 0 aliphatic rings. The number of halogens is 2. The molecule has 0 spiro atoms. The average molecular weight is 398 g/mol. The molecule has 2 N–H and O–H groups in total. The van der Waals surface area contributed by atoms with Crippen molar-refractivity contribution in [3.63, 3.8) is 0 Å². The van der Waals surface area contributed by atoms with Gasteiger partial charge in [-0.3, -0.25) is 14.5 Å². The van der Waals surface area contributed by atoms with Crippen LogP contribution in [0.2, 0.25) is 0 Å². The van der Waals surface area contributed by atoms with Crippen molar-refractivity contribution < 1.29 is 18.4 Å². The normalized spacial score (nSPS) is 15.1. The lowest BCUT2D eigenvalue weighted by atomic mass is 10.0. The number of likely N-dealkylation sites (N-methyl/N-ethyl adjacent to an activating group) is 1. The van der Waals surface area contributed by atoms with Gasteiger partial charge >= 0.3 is 0 Å². The van der Waals surface area contributed by atoms with Crippen LogP contribution >= 0.6 is 0 Å². The molecular formula is C20H32F2N4O2. The zero-order valence-electron chi connectivity index (χ0n) is 17.5. The van der Waals surface area contributed by atoms with Crippen LogP contribution in [0.15, 0.2) is 46.8 Å². The smallest absolute Gasteiger partial charge is 0.255 e. The summed E-state index contributed by atoms with van der Waals surface area (Å²) in [6.45, 7) is 5.44. The van der Waals surface area contributed by atoms with Gasteiger partial charge in [0, 0.05) is 44.7 Å². The van der Waals surface area contributed by atoms with Crippen LogP contribution in [0.5, 0.6) is 0 Å². The van der Waals surface area contributed by atoms with Crippen LogP contribution in [0.25, 0.3) is 0 Å². The third kappa shape index (κ3) is 10.1. The number of nitrogens with one attached hydrogen (secondary N) is 2. The topological polar surface area (TPSA) is 64.7 Å². The number of hydrogen-bond donors (Lipinski definition) is 2. The van der Waals surface area contributed by atoms with E-state index in [0.717, 1.165) is 11.9 Å². The highest BCUT2D eigenvalue weighted by atomic mass is 19.3. The van der Waals surface area contributed by atoms with Crippen molar-refractivity contribution in [2.45, 2.75) is 33.2 Å². The van der Waals surface area contributed by atoms with Crippen LogP contribution in [0, 0.1) is 0 Å². The second-order valence-corrected chi connectivity index (χ2v) is 6.54. The monoisotopic (exact) mass is 398 g/mol. The Bertz CT molecular complexity index is 628. The summed E-state index contributed by atoms with van der Waals surface area (Å²) in [6.07, 6.45) is 5.67. The second-order valence-electron chi connectivity index (χ2n) is 6.54. The molecule has 0 bridgehead atoms. The summed E-state index contributed by atoms with van der Waals surface area (Å²) in [5, 5.41) is 4.30. The zero-order chi connectivity index (χ0) is 21.7. The lowest BCUT2D eigenvalue weighted by molar-refractivity contribution is -0.105. The fourth-order valence-electron chi connectivity index (χ4n) is 2.25. The summed E-state index contributed by atoms with van der Waals surface area (Å²) in [5.41, 5.74) is 5.51. The molecule has 8 heteroatoms. The lowest BCUT2D eigenvalue weighted by Gasteiger charge is -2.27. The Balaban J connectivity index is 5.44. The first-order valence-corrected chi connectivity index (χ1v) is 8.94. The number of hydrogen-bond acceptors (Lipinski definition) is 6. The Kier molecular flexibility index (Phi) is 12.6. The minimum absolute atomic E-state index is 0.174. The van der Waals surface area contributed by atoms with Crippen LogP contribution in [0.4, 0.5) is 8.78 Å². The Morgan fingerprint density at radius 1 is 1.14 bits per heavy atom. The number of allylic oxidation sites excluding steroid dienone is 3. The van der Waals surface area contributed by atoms with Gasteiger partial charge in [0.15, 0.2) is 0 Å². The number of nitrogens with zero attached hydrogens (tertiary/aromatic N) is 2. The van der Waals surface area contributed by atoms with E-state index in [1.165, 1.54) is 6.20 Å². The van der Waals surface area contributed by atoms with Crippen molar-refractivity contribution in [2.24, 2.45) is 0 Å². The van der Waals surface area contributed by atoms with Gasteiger partial charge in [0.2, 0.25) is 0 Å². The zero-order valence-corrected chi connectivity index (χ0v) is 17.5. The Morgan fingerprint density at radius 2 is 1.79 bits per heavy atom. The Hall–Kier alpha value is -2.32. The van der Waals surface area contributed by atoms with E-state index >= 15 is 0 Å². The van der Waals surface area contributed by atoms with Gasteiger partial charge in [-0.15, -0.1) is 0 Å². The van der Waals surface area contributed by atoms with Crippen molar-refractivity contribution in [3.05, 3.63) is 46.8 Å². The molecule has 0 aliphatic carbocycles. The number of rotatable bonds is 13. The molecule has 0 saturated carbocycles. The molecule has 158 valence electrons. The molecule has 0 saturated heterocycles. The van der Waals surface area contributed by atoms with Gasteiger partial charge in [-0.05, 0) is 56.7 Å². The highest BCUT2D eigenvalue weighted by Crippen LogP contribution is 2.15. The molecule has 0 aromatic carbocycles. The fraction of sp³-hybridized carbons (Fsp3) is 0.500. The van der Waals surface area contributed by atoms with E-state index in [4.69, 9.17) is 0 Å². The van der Waals surface area contributed by atoms with Crippen molar-refractivity contribution in [3.8, 4) is 0 Å². The first-order chi connectivity index (χ1) is 13.2. The third-order valence-corrected chi connectivity index (χ3v) is 4.20.